The zero-order valence-corrected chi connectivity index (χ0v) is 48.7. The van der Waals surface area contributed by atoms with Gasteiger partial charge in [0.1, 0.15) is 39.5 Å². The van der Waals surface area contributed by atoms with Gasteiger partial charge < -0.3 is 63.5 Å². The molecule has 2 saturated carbocycles. The fourth-order valence-corrected chi connectivity index (χ4v) is 10.8. The number of benzene rings is 2. The van der Waals surface area contributed by atoms with Gasteiger partial charge in [-0.05, 0) is 124 Å². The number of halogens is 3. The number of nitrogens with zero attached hydrogens (tertiary/aromatic N) is 6. The number of methoxy groups -OCH3 is 2. The van der Waals surface area contributed by atoms with Crippen molar-refractivity contribution in [1.82, 2.24) is 14.4 Å². The van der Waals surface area contributed by atoms with Gasteiger partial charge in [-0.3, -0.25) is 9.79 Å². The first-order chi connectivity index (χ1) is 35.4. The standard InChI is InChI=1S/C28H37F2N3O6.C26H32FN3O6.K.H2O/c1-6-38-26(35)19(13-31-17-9-10-17)24(34)18-12-20(29)23(25(37-5)22(18)30)32-14-16-8-7-11-33(21(16)15-32)27(36)39-28(2,3)4;1-26(2,3)36-25(34)29-9-5-6-14-11-28(13-19(14)29)21-18(27)10-16-20(23(21)35-4)30(15-7-8-15)12-17(22(16)31)24(32)33;;/h12-13,16-17,21,34H,6-11,14-15H2,1-5H3;10,12,14-15,19H,5-9,11,13H2,1-4H3,(H,32,33);;1H2/q;;+1;/p-1/t16-,21+;14-,19+;;/m00../s1. The largest absolute Gasteiger partial charge is 1.00 e. The van der Waals surface area contributed by atoms with Gasteiger partial charge in [0.15, 0.2) is 29.0 Å². The van der Waals surface area contributed by atoms with Crippen LogP contribution in [0.4, 0.5) is 34.1 Å². The molecule has 0 spiro atoms. The summed E-state index contributed by atoms with van der Waals surface area (Å²) in [5.74, 6) is -5.53. The quantitative estimate of drug-likeness (QED) is 0.0584. The Morgan fingerprint density at radius 1 is 0.740 bits per heavy atom. The van der Waals surface area contributed by atoms with E-state index in [0.717, 1.165) is 69.7 Å². The van der Waals surface area contributed by atoms with Crippen molar-refractivity contribution in [3.8, 4) is 11.5 Å². The van der Waals surface area contributed by atoms with Crippen LogP contribution in [-0.4, -0.2) is 150 Å². The second-order valence-corrected chi connectivity index (χ2v) is 22.1. The normalized spacial score (nSPS) is 21.5. The van der Waals surface area contributed by atoms with Gasteiger partial charge in [0, 0.05) is 57.7 Å². The number of carbonyl (C=O) groups is 4. The number of piperidine rings is 2. The van der Waals surface area contributed by atoms with E-state index < -0.39 is 69.2 Å². The minimum atomic E-state index is -1.34. The van der Waals surface area contributed by atoms with Gasteiger partial charge in [-0.25, -0.2) is 32.3 Å². The Hall–Kier alpha value is -5.07. The Bertz CT molecular complexity index is 2860. The Balaban J connectivity index is 0.000000244. The molecular formula is C54H70F3KN6O13. The minimum absolute atomic E-state index is 0. The second kappa shape index (κ2) is 24.5. The predicted molar refractivity (Wildman–Crippen MR) is 276 cm³/mol. The molecule has 3 aromatic rings. The number of carbonyl (C=O) groups excluding carboxylic acids is 3. The number of aliphatic hydroxyl groups is 1. The molecule has 2 aromatic carbocycles. The van der Waals surface area contributed by atoms with Crippen LogP contribution in [0, 0.1) is 29.3 Å². The summed E-state index contributed by atoms with van der Waals surface area (Å²) in [6.45, 7) is 15.2. The van der Waals surface area contributed by atoms with E-state index in [1.54, 1.807) is 47.0 Å². The number of ether oxygens (including phenoxy) is 5. The number of anilines is 2. The molecule has 2 amide bonds. The number of hydrogen-bond acceptors (Lipinski definition) is 15. The van der Waals surface area contributed by atoms with E-state index in [1.807, 2.05) is 25.7 Å². The number of pyridine rings is 1. The Kier molecular flexibility index (Phi) is 19.5. The van der Waals surface area contributed by atoms with Crippen molar-refractivity contribution in [3.63, 3.8) is 0 Å². The smallest absolute Gasteiger partial charge is 0.870 e. The van der Waals surface area contributed by atoms with E-state index in [0.29, 0.717) is 38.2 Å². The third kappa shape index (κ3) is 13.3. The molecule has 19 nitrogen and oxygen atoms in total. The maximum absolute atomic E-state index is 15.8. The molecule has 5 heterocycles. The van der Waals surface area contributed by atoms with Gasteiger partial charge in [0.2, 0.25) is 5.43 Å². The van der Waals surface area contributed by atoms with Crippen LogP contribution in [0.5, 0.6) is 11.5 Å². The molecule has 2 aliphatic carbocycles. The minimum Gasteiger partial charge on any atom is -0.870 e. The summed E-state index contributed by atoms with van der Waals surface area (Å²) in [4.78, 5) is 74.2. The van der Waals surface area contributed by atoms with Gasteiger partial charge in [-0.1, -0.05) is 0 Å². The topological polar surface area (TPSA) is 232 Å². The number of aliphatic hydroxyl groups excluding tert-OH is 1. The molecule has 416 valence electrons. The molecule has 23 heteroatoms. The summed E-state index contributed by atoms with van der Waals surface area (Å²) in [6, 6.07) is 1.67. The zero-order chi connectivity index (χ0) is 54.4. The van der Waals surface area contributed by atoms with Crippen molar-refractivity contribution in [3.05, 3.63) is 62.7 Å². The third-order valence-electron chi connectivity index (χ3n) is 14.3. The molecule has 9 rings (SSSR count). The monoisotopic (exact) mass is 1110 g/mol. The van der Waals surface area contributed by atoms with Crippen LogP contribution in [0.2, 0.25) is 0 Å². The van der Waals surface area contributed by atoms with Crippen LogP contribution in [0.3, 0.4) is 0 Å². The van der Waals surface area contributed by atoms with Gasteiger partial charge in [-0.15, -0.1) is 0 Å². The molecular weight excluding hydrogens is 1040 g/mol. The summed E-state index contributed by atoms with van der Waals surface area (Å²) in [7, 11) is 2.64. The summed E-state index contributed by atoms with van der Waals surface area (Å²) in [5.41, 5.74) is -2.74. The summed E-state index contributed by atoms with van der Waals surface area (Å²) in [5, 5.41) is 20.4. The zero-order valence-electron chi connectivity index (χ0n) is 45.6. The fourth-order valence-electron chi connectivity index (χ4n) is 10.8. The van der Waals surface area contributed by atoms with Crippen molar-refractivity contribution >= 4 is 58.4 Å². The molecule has 1 aromatic heterocycles. The van der Waals surface area contributed by atoms with Crippen molar-refractivity contribution < 1.29 is 123 Å². The van der Waals surface area contributed by atoms with E-state index in [2.05, 4.69) is 4.99 Å². The fraction of sp³-hybridized carbons (Fsp3) is 0.593. The molecule has 4 atom stereocenters. The molecule has 77 heavy (non-hydrogen) atoms. The van der Waals surface area contributed by atoms with Crippen LogP contribution < -0.4 is 76.1 Å². The van der Waals surface area contributed by atoms with Gasteiger partial charge >= 0.3 is 75.5 Å². The number of carboxylic acid groups (broad SMARTS) is 1. The average molecular weight is 1110 g/mol. The summed E-state index contributed by atoms with van der Waals surface area (Å²) >= 11 is 0. The van der Waals surface area contributed by atoms with E-state index in [-0.39, 0.29) is 146 Å². The van der Waals surface area contributed by atoms with Crippen molar-refractivity contribution in [2.75, 3.05) is 69.9 Å². The number of esters is 1. The van der Waals surface area contributed by atoms with Crippen LogP contribution in [-0.2, 0) is 19.0 Å². The van der Waals surface area contributed by atoms with Crippen LogP contribution in [0.1, 0.15) is 122 Å². The van der Waals surface area contributed by atoms with Gasteiger partial charge in [0.05, 0.1) is 55.4 Å². The number of amides is 2. The number of fused-ring (bicyclic) bond motifs is 3. The summed E-state index contributed by atoms with van der Waals surface area (Å²) in [6.07, 6.45) is 8.44. The van der Waals surface area contributed by atoms with Crippen molar-refractivity contribution in [1.29, 1.82) is 0 Å². The number of aliphatic imine (C=N–C) groups is 1. The second-order valence-electron chi connectivity index (χ2n) is 22.1. The molecule has 0 unspecified atom stereocenters. The number of likely N-dealkylation sites (tertiary alicyclic amines) is 2. The number of hydrogen-bond donors (Lipinski definition) is 2. The Morgan fingerprint density at radius 3 is 1.70 bits per heavy atom. The number of aromatic carboxylic acids is 1. The van der Waals surface area contributed by atoms with Crippen molar-refractivity contribution in [2.45, 2.75) is 135 Å². The van der Waals surface area contributed by atoms with E-state index in [9.17, 15) is 34.2 Å². The predicted octanol–water partition coefficient (Wildman–Crippen LogP) is 5.72. The number of carboxylic acids is 1. The molecule has 4 aliphatic heterocycles. The third-order valence-corrected chi connectivity index (χ3v) is 14.3. The van der Waals surface area contributed by atoms with Crippen molar-refractivity contribution in [2.24, 2.45) is 16.8 Å². The van der Waals surface area contributed by atoms with E-state index in [1.165, 1.54) is 20.4 Å². The molecule has 3 N–H and O–H groups in total. The first kappa shape index (κ1) is 61.1. The van der Waals surface area contributed by atoms with E-state index in [4.69, 9.17) is 23.7 Å². The maximum Gasteiger partial charge on any atom is 1.00 e. The van der Waals surface area contributed by atoms with Crippen LogP contribution >= 0.6 is 0 Å². The van der Waals surface area contributed by atoms with Crippen LogP contribution in [0.15, 0.2) is 33.7 Å². The Morgan fingerprint density at radius 2 is 1.25 bits per heavy atom. The molecule has 6 fully saturated rings. The molecule has 4 saturated heterocycles. The average Bonchev–Trinajstić information content (AvgIpc) is 4.30. The number of rotatable bonds is 11. The first-order valence-corrected chi connectivity index (χ1v) is 25.8. The van der Waals surface area contributed by atoms with Crippen LogP contribution in [0.25, 0.3) is 16.7 Å². The summed E-state index contributed by atoms with van der Waals surface area (Å²) < 4.78 is 76.2. The SMILES string of the molecule is CCOC(=O)C(C=NC1CC1)=C(O)c1cc(F)c(N2C[C@@H]3CCCN(C(=O)OC(C)(C)C)[C@@H]3C2)c(OC)c1F.COc1c(N2C[C@@H]3CCCN(C(=O)OC(C)(C)C)[C@@H]3C2)c(F)cc2c(=O)c(C(=O)O)cn(C3CC3)c12.[K+].[OH-]. The van der Waals surface area contributed by atoms with Gasteiger partial charge in [-0.2, -0.15) is 0 Å². The molecule has 0 bridgehead atoms. The maximum atomic E-state index is 15.8. The Labute approximate surface area is 488 Å². The van der Waals surface area contributed by atoms with E-state index >= 15 is 13.2 Å². The molecule has 6 aliphatic rings. The number of aromatic nitrogens is 1. The van der Waals surface area contributed by atoms with Gasteiger partial charge in [0.25, 0.3) is 0 Å². The molecule has 0 radical (unpaired) electrons. The first-order valence-electron chi connectivity index (χ1n) is 25.8.